The Morgan fingerprint density at radius 3 is 1.51 bits per heavy atom. The molecule has 22 N–H and O–H groups in total. The number of nitrogens with one attached hydrogen (secondary N) is 8. The minimum Gasteiger partial charge on any atom is -0.370 e. The number of unbranched alkanes of at least 4 members (excludes halogenated alkanes) is 1. The second-order valence-corrected chi connectivity index (χ2v) is 25.1. The van der Waals surface area contributed by atoms with Crippen LogP contribution in [0, 0.1) is 5.92 Å². The van der Waals surface area contributed by atoms with Crippen molar-refractivity contribution in [3.8, 4) is 0 Å². The highest BCUT2D eigenvalue weighted by atomic mass is 32.2. The first-order chi connectivity index (χ1) is 45.2. The molecule has 32 heteroatoms. The number of benzene rings is 2. The summed E-state index contributed by atoms with van der Waals surface area (Å²) in [5, 5.41) is 21.1. The van der Waals surface area contributed by atoms with Crippen LogP contribution >= 0.6 is 11.8 Å². The molecule has 2 fully saturated rings. The summed E-state index contributed by atoms with van der Waals surface area (Å²) < 4.78 is 0. The molecule has 13 amide bonds. The lowest BCUT2D eigenvalue weighted by Gasteiger charge is -2.32. The molecular weight excluding hydrogens is 1250 g/mol. The summed E-state index contributed by atoms with van der Waals surface area (Å²) in [7, 11) is 0. The molecule has 2 saturated heterocycles. The molecule has 2 aromatic rings. The van der Waals surface area contributed by atoms with Crippen molar-refractivity contribution in [1.29, 1.82) is 0 Å². The van der Waals surface area contributed by atoms with Crippen molar-refractivity contribution in [2.45, 2.75) is 183 Å². The number of hydrogen-bond acceptors (Lipinski definition) is 17. The average Bonchev–Trinajstić information content (AvgIpc) is 1.74. The van der Waals surface area contributed by atoms with Gasteiger partial charge in [0.25, 0.3) is 0 Å². The first-order valence-corrected chi connectivity index (χ1v) is 33.6. The van der Waals surface area contributed by atoms with Crippen LogP contribution in [0.15, 0.2) is 65.7 Å². The number of carbonyl (C=O) groups excluding carboxylic acids is 13. The van der Waals surface area contributed by atoms with Gasteiger partial charge in [-0.25, -0.2) is 0 Å². The monoisotopic (exact) mass is 1350 g/mol. The third kappa shape index (κ3) is 27.5. The molecule has 2 aliphatic heterocycles. The summed E-state index contributed by atoms with van der Waals surface area (Å²) in [6.45, 7) is 3.86. The third-order valence-corrected chi connectivity index (χ3v) is 16.7. The van der Waals surface area contributed by atoms with Crippen LogP contribution in [0.25, 0.3) is 0 Å². The van der Waals surface area contributed by atoms with Gasteiger partial charge in [0, 0.05) is 45.3 Å². The minimum atomic E-state index is -1.64. The molecule has 2 aliphatic rings. The van der Waals surface area contributed by atoms with Gasteiger partial charge in [0.1, 0.15) is 54.4 Å². The molecule has 0 spiro atoms. The van der Waals surface area contributed by atoms with Gasteiger partial charge in [0.2, 0.25) is 76.8 Å². The topological polar surface area (TPSA) is 519 Å². The van der Waals surface area contributed by atoms with E-state index in [1.165, 1.54) is 21.6 Å². The van der Waals surface area contributed by atoms with Gasteiger partial charge in [0.05, 0.1) is 12.6 Å². The molecule has 524 valence electrons. The molecule has 10 atom stereocenters. The Morgan fingerprint density at radius 1 is 0.537 bits per heavy atom. The maximum Gasteiger partial charge on any atom is 0.245 e. The van der Waals surface area contributed by atoms with Crippen molar-refractivity contribution >= 4 is 94.5 Å². The average molecular weight is 1350 g/mol. The highest BCUT2D eigenvalue weighted by Crippen LogP contribution is 2.24. The van der Waals surface area contributed by atoms with Gasteiger partial charge in [-0.3, -0.25) is 67.3 Å². The van der Waals surface area contributed by atoms with Gasteiger partial charge >= 0.3 is 0 Å². The SMILES string of the molecule is CSCC[C@H](NC(=O)[C@@H](CC(C)C)NC(=O)CNC(=O)[C@H](Cc1ccccc1)NC(=O)[C@H](Cc1ccccc1)NC(=O)[C@H](CCC(N)=O)NC(=O)[C@@H](CCC(N)=O)NC(=O)[C@@H]1CCCN1C(=O)[C@H](CCCCN)NC(=O)[C@H]1CCCN1C(=O)[C@@H](N)CCCN=C(N)N)C(N)=O. The standard InChI is InChI=1S/C63H98N18O13S/c1-37(2)33-45(57(89)74-41(53(68)85)27-32-95-3)73-52(84)36-72-54(86)46(34-38-15-6-4-7-16-38)78-58(90)47(35-39-17-8-5-9-18-39)79-56(88)42(23-25-50(66)82)75-55(87)43(24-26-51(67)83)76-59(91)49-22-14-31-81(49)62(94)44(20-10-11-28-64)77-60(92)48-21-13-30-80(48)61(93)40(65)19-12-29-71-63(69)70/h4-9,15-18,37,40-49H,10-14,19-36,64-65H2,1-3H3,(H2,66,82)(H2,67,83)(H2,68,85)(H,72,86)(H,73,84)(H,74,89)(H,75,87)(H,76,91)(H,77,92)(H,78,90)(H,79,88)(H4,69,70,71)/t40-,41-,42-,43+,44-,45+,46-,47-,48+,49-/m0/s1. The lowest BCUT2D eigenvalue weighted by atomic mass is 10.0. The number of nitrogens with two attached hydrogens (primary N) is 7. The van der Waals surface area contributed by atoms with Crippen molar-refractivity contribution in [2.24, 2.45) is 51.0 Å². The van der Waals surface area contributed by atoms with E-state index in [-0.39, 0.29) is 83.0 Å². The van der Waals surface area contributed by atoms with E-state index in [1.807, 2.05) is 20.1 Å². The molecule has 4 rings (SSSR count). The zero-order valence-electron chi connectivity index (χ0n) is 54.5. The number of carbonyl (C=O) groups is 13. The summed E-state index contributed by atoms with van der Waals surface area (Å²) in [5.41, 5.74) is 40.6. The Balaban J connectivity index is 1.56. The molecule has 0 aliphatic carbocycles. The van der Waals surface area contributed by atoms with E-state index in [1.54, 1.807) is 60.7 Å². The highest BCUT2D eigenvalue weighted by molar-refractivity contribution is 7.98. The number of nitrogens with zero attached hydrogens (tertiary/aromatic N) is 3. The van der Waals surface area contributed by atoms with E-state index in [2.05, 4.69) is 47.5 Å². The second kappa shape index (κ2) is 41.0. The van der Waals surface area contributed by atoms with Crippen LogP contribution in [0.3, 0.4) is 0 Å². The third-order valence-electron chi connectivity index (χ3n) is 16.0. The number of likely N-dealkylation sites (tertiary alicyclic amines) is 2. The minimum absolute atomic E-state index is 0.0736. The Morgan fingerprint density at radius 2 is 1.01 bits per heavy atom. The van der Waals surface area contributed by atoms with Crippen molar-refractivity contribution < 1.29 is 62.3 Å². The van der Waals surface area contributed by atoms with E-state index in [0.29, 0.717) is 55.4 Å². The predicted octanol–water partition coefficient (Wildman–Crippen LogP) is -3.71. The fourth-order valence-corrected chi connectivity index (χ4v) is 11.5. The molecule has 0 unspecified atom stereocenters. The summed E-state index contributed by atoms with van der Waals surface area (Å²) >= 11 is 1.45. The Labute approximate surface area is 558 Å². The maximum absolute atomic E-state index is 14.7. The van der Waals surface area contributed by atoms with Crippen LogP contribution in [0.5, 0.6) is 0 Å². The predicted molar refractivity (Wildman–Crippen MR) is 356 cm³/mol. The quantitative estimate of drug-likeness (QED) is 0.0173. The first-order valence-electron chi connectivity index (χ1n) is 32.2. The summed E-state index contributed by atoms with van der Waals surface area (Å²) in [6.07, 6.45) is 3.12. The van der Waals surface area contributed by atoms with Crippen molar-refractivity contribution in [2.75, 3.05) is 44.7 Å². The van der Waals surface area contributed by atoms with Crippen molar-refractivity contribution in [3.05, 3.63) is 71.8 Å². The molecule has 2 heterocycles. The Hall–Kier alpha value is -8.91. The fraction of sp³-hybridized carbons (Fsp3) is 0.587. The zero-order valence-corrected chi connectivity index (χ0v) is 55.3. The summed E-state index contributed by atoms with van der Waals surface area (Å²) in [5.74, 6) is -9.80. The van der Waals surface area contributed by atoms with Crippen LogP contribution in [0.4, 0.5) is 0 Å². The number of hydrogen-bond donors (Lipinski definition) is 15. The second-order valence-electron chi connectivity index (χ2n) is 24.1. The smallest absolute Gasteiger partial charge is 0.245 e. The van der Waals surface area contributed by atoms with Crippen LogP contribution in [-0.4, -0.2) is 198 Å². The van der Waals surface area contributed by atoms with Crippen LogP contribution < -0.4 is 82.7 Å². The number of primary amides is 3. The Kier molecular flexibility index (Phi) is 33.9. The number of amides is 13. The molecule has 0 radical (unpaired) electrons. The number of rotatable bonds is 42. The van der Waals surface area contributed by atoms with Crippen molar-refractivity contribution in [3.63, 3.8) is 0 Å². The number of guanidine groups is 1. The molecule has 0 aromatic heterocycles. The normalized spacial score (nSPS) is 16.8. The van der Waals surface area contributed by atoms with Crippen LogP contribution in [0.2, 0.25) is 0 Å². The van der Waals surface area contributed by atoms with Crippen molar-refractivity contribution in [1.82, 2.24) is 52.3 Å². The lowest BCUT2D eigenvalue weighted by molar-refractivity contribution is -0.144. The van der Waals surface area contributed by atoms with Gasteiger partial charge in [-0.1, -0.05) is 74.5 Å². The van der Waals surface area contributed by atoms with E-state index in [0.717, 1.165) is 0 Å². The summed E-state index contributed by atoms with van der Waals surface area (Å²) in [4.78, 5) is 185. The molecular formula is C63H98N18O13S. The van der Waals surface area contributed by atoms with Gasteiger partial charge < -0.3 is 92.5 Å². The Bertz CT molecular complexity index is 2960. The first kappa shape index (κ1) is 78.5. The largest absolute Gasteiger partial charge is 0.370 e. The molecule has 0 saturated carbocycles. The van der Waals surface area contributed by atoms with E-state index in [9.17, 15) is 62.3 Å². The highest BCUT2D eigenvalue weighted by Gasteiger charge is 2.42. The lowest BCUT2D eigenvalue weighted by Crippen LogP contribution is -2.60. The van der Waals surface area contributed by atoms with Gasteiger partial charge in [-0.15, -0.1) is 0 Å². The van der Waals surface area contributed by atoms with E-state index >= 15 is 0 Å². The van der Waals surface area contributed by atoms with Crippen LogP contribution in [0.1, 0.15) is 121 Å². The number of aliphatic imine (C=N–C) groups is 1. The van der Waals surface area contributed by atoms with Crippen LogP contribution in [-0.2, 0) is 75.2 Å². The van der Waals surface area contributed by atoms with Gasteiger partial charge in [-0.05, 0) is 119 Å². The summed E-state index contributed by atoms with van der Waals surface area (Å²) in [6, 6.07) is 4.51. The molecule has 0 bridgehead atoms. The number of thioether (sulfide) groups is 1. The molecule has 31 nitrogen and oxygen atoms in total. The van der Waals surface area contributed by atoms with E-state index in [4.69, 9.17) is 40.1 Å². The fourth-order valence-electron chi connectivity index (χ4n) is 11.0. The van der Waals surface area contributed by atoms with Gasteiger partial charge in [-0.2, -0.15) is 11.8 Å². The van der Waals surface area contributed by atoms with Gasteiger partial charge in [0.15, 0.2) is 5.96 Å². The maximum atomic E-state index is 14.7. The zero-order chi connectivity index (χ0) is 70.1. The molecule has 95 heavy (non-hydrogen) atoms. The van der Waals surface area contributed by atoms with E-state index < -0.39 is 169 Å². The molecule has 2 aromatic carbocycles.